The highest BCUT2D eigenvalue weighted by Crippen LogP contribution is 2.30. The Balaban J connectivity index is 0.000000507. The molecule has 3 saturated heterocycles. The van der Waals surface area contributed by atoms with Crippen LogP contribution in [0.5, 0.6) is 5.75 Å². The smallest absolute Gasteiger partial charge is 0.328 e. The minimum absolute atomic E-state index is 0.0290. The van der Waals surface area contributed by atoms with Crippen molar-refractivity contribution in [2.75, 3.05) is 45.6 Å². The molecule has 3 heterocycles. The van der Waals surface area contributed by atoms with Crippen LogP contribution in [0.25, 0.3) is 0 Å². The van der Waals surface area contributed by atoms with E-state index in [1.54, 1.807) is 12.1 Å². The van der Waals surface area contributed by atoms with Crippen LogP contribution < -0.4 is 21.1 Å². The van der Waals surface area contributed by atoms with E-state index >= 15 is 0 Å². The predicted octanol–water partition coefficient (Wildman–Crippen LogP) is 1.95. The molecule has 0 bridgehead atoms. The van der Waals surface area contributed by atoms with Crippen LogP contribution in [-0.4, -0.2) is 96.8 Å². The lowest BCUT2D eigenvalue weighted by Gasteiger charge is -2.42. The van der Waals surface area contributed by atoms with E-state index in [4.69, 9.17) is 37.0 Å². The van der Waals surface area contributed by atoms with E-state index in [1.807, 2.05) is 0 Å². The van der Waals surface area contributed by atoms with Gasteiger partial charge in [-0.1, -0.05) is 11.6 Å². The van der Waals surface area contributed by atoms with Crippen LogP contribution >= 0.6 is 11.6 Å². The third-order valence-corrected chi connectivity index (χ3v) is 7.89. The van der Waals surface area contributed by atoms with E-state index in [1.165, 1.54) is 7.11 Å². The first-order chi connectivity index (χ1) is 19.6. The van der Waals surface area contributed by atoms with Crippen LogP contribution in [0.1, 0.15) is 48.9 Å². The molecule has 226 valence electrons. The van der Waals surface area contributed by atoms with Gasteiger partial charge in [-0.05, 0) is 63.6 Å². The summed E-state index contributed by atoms with van der Waals surface area (Å²) < 4.78 is 11.1. The molecule has 0 spiro atoms. The molecule has 3 aliphatic heterocycles. The van der Waals surface area contributed by atoms with Gasteiger partial charge in [0.25, 0.3) is 5.91 Å². The Morgan fingerprint density at radius 3 is 2.27 bits per heavy atom. The number of carboxylic acids is 2. The summed E-state index contributed by atoms with van der Waals surface area (Å²) in [6.07, 6.45) is 6.25. The minimum atomic E-state index is -1.26. The lowest BCUT2D eigenvalue weighted by Crippen LogP contribution is -2.56. The van der Waals surface area contributed by atoms with Gasteiger partial charge in [-0.3, -0.25) is 14.5 Å². The van der Waals surface area contributed by atoms with Gasteiger partial charge in [0.2, 0.25) is 0 Å². The summed E-state index contributed by atoms with van der Waals surface area (Å²) in [5, 5.41) is 22.5. The second-order valence-corrected chi connectivity index (χ2v) is 10.7. The number of nitrogens with zero attached hydrogens (tertiary/aromatic N) is 1. The number of carboxylic acid groups (broad SMARTS) is 2. The molecule has 0 aliphatic carbocycles. The van der Waals surface area contributed by atoms with Gasteiger partial charge >= 0.3 is 11.9 Å². The molecule has 41 heavy (non-hydrogen) atoms. The van der Waals surface area contributed by atoms with Gasteiger partial charge in [0.1, 0.15) is 11.9 Å². The first-order valence-corrected chi connectivity index (χ1v) is 14.2. The number of anilines is 1. The van der Waals surface area contributed by atoms with E-state index in [0.29, 0.717) is 46.7 Å². The number of likely N-dealkylation sites (tertiary alicyclic amines) is 1. The third kappa shape index (κ3) is 9.42. The summed E-state index contributed by atoms with van der Waals surface area (Å²) in [5.74, 6) is -1.73. The number of hydrogen-bond donors (Lipinski definition) is 5. The first kappa shape index (κ1) is 32.3. The average molecular weight is 595 g/mol. The molecule has 12 nitrogen and oxygen atoms in total. The van der Waals surface area contributed by atoms with Crippen molar-refractivity contribution in [1.82, 2.24) is 15.5 Å². The second-order valence-electron chi connectivity index (χ2n) is 10.3. The predicted molar refractivity (Wildman–Crippen MR) is 152 cm³/mol. The molecule has 0 aromatic heterocycles. The number of rotatable bonds is 9. The van der Waals surface area contributed by atoms with Gasteiger partial charge < -0.3 is 36.1 Å². The van der Waals surface area contributed by atoms with Crippen LogP contribution in [0.4, 0.5) is 5.69 Å². The van der Waals surface area contributed by atoms with Crippen LogP contribution in [0.2, 0.25) is 5.02 Å². The van der Waals surface area contributed by atoms with Gasteiger partial charge in [-0.15, -0.1) is 0 Å². The standard InChI is InChI=1S/C24H35ClN4O4.C4H4O4/c1-32-21-14-19(26)18(25)13-17(21)24(31)28-16-6-10-29(11-7-16)22(15-4-8-27-9-5-15)23(30)20-3-2-12-33-20;5-3(6)1-2-4(7)8/h13-16,20,22,27H,2-12,26H2,1H3,(H,28,31);1-2H,(H,5,6)(H,7,8)/b;2-1-/t20-,22?;/m0./s1. The SMILES string of the molecule is COc1cc(N)c(Cl)cc1C(=O)NC1CCN(C(C(=O)[C@@H]2CCCO2)C2CCNCC2)CC1.O=C(O)/C=C\C(=O)O. The number of aliphatic carboxylic acids is 2. The molecule has 0 saturated carbocycles. The number of Topliss-reactive ketones (excluding diaryl/α,β-unsaturated/α-hetero) is 1. The largest absolute Gasteiger partial charge is 0.496 e. The lowest BCUT2D eigenvalue weighted by atomic mass is 9.83. The fourth-order valence-corrected chi connectivity index (χ4v) is 5.67. The highest BCUT2D eigenvalue weighted by Gasteiger charge is 2.40. The Labute approximate surface area is 244 Å². The highest BCUT2D eigenvalue weighted by atomic mass is 35.5. The number of nitrogens with one attached hydrogen (secondary N) is 2. The molecule has 1 aromatic rings. The molecule has 1 amide bonds. The first-order valence-electron chi connectivity index (χ1n) is 13.8. The summed E-state index contributed by atoms with van der Waals surface area (Å²) in [6, 6.07) is 3.05. The minimum Gasteiger partial charge on any atom is -0.496 e. The maximum atomic E-state index is 13.4. The van der Waals surface area contributed by atoms with Crippen molar-refractivity contribution >= 4 is 40.9 Å². The Morgan fingerprint density at radius 2 is 1.73 bits per heavy atom. The van der Waals surface area contributed by atoms with Crippen LogP contribution in [0, 0.1) is 5.92 Å². The molecule has 2 atom stereocenters. The van der Waals surface area contributed by atoms with Crippen molar-refractivity contribution in [3.05, 3.63) is 34.9 Å². The van der Waals surface area contributed by atoms with Gasteiger partial charge in [0.15, 0.2) is 5.78 Å². The molecule has 3 aliphatic rings. The monoisotopic (exact) mass is 594 g/mol. The number of ether oxygens (including phenoxy) is 2. The number of piperidine rings is 2. The van der Waals surface area contributed by atoms with Crippen molar-refractivity contribution in [2.45, 2.75) is 56.7 Å². The Bertz CT molecular complexity index is 1090. The second kappa shape index (κ2) is 15.7. The molecule has 6 N–H and O–H groups in total. The number of amides is 1. The van der Waals surface area contributed by atoms with Crippen LogP contribution in [-0.2, 0) is 19.1 Å². The maximum Gasteiger partial charge on any atom is 0.328 e. The molecular weight excluding hydrogens is 556 g/mol. The number of carbonyl (C=O) groups excluding carboxylic acids is 2. The van der Waals surface area contributed by atoms with E-state index in [9.17, 15) is 19.2 Å². The Morgan fingerprint density at radius 1 is 1.10 bits per heavy atom. The normalized spacial score (nSPS) is 21.1. The summed E-state index contributed by atoms with van der Waals surface area (Å²) >= 11 is 6.13. The van der Waals surface area contributed by atoms with Crippen LogP contribution in [0.3, 0.4) is 0 Å². The van der Waals surface area contributed by atoms with E-state index < -0.39 is 11.9 Å². The third-order valence-electron chi connectivity index (χ3n) is 7.56. The number of hydrogen-bond acceptors (Lipinski definition) is 9. The van der Waals surface area contributed by atoms with E-state index in [-0.39, 0.29) is 29.9 Å². The van der Waals surface area contributed by atoms with Crippen molar-refractivity contribution in [2.24, 2.45) is 5.92 Å². The zero-order valence-corrected chi connectivity index (χ0v) is 23.9. The summed E-state index contributed by atoms with van der Waals surface area (Å²) in [6.45, 7) is 4.15. The molecule has 4 rings (SSSR count). The summed E-state index contributed by atoms with van der Waals surface area (Å²) in [7, 11) is 1.50. The number of nitrogen functional groups attached to an aromatic ring is 1. The maximum absolute atomic E-state index is 13.4. The number of ketones is 1. The Kier molecular flexibility index (Phi) is 12.4. The number of benzene rings is 1. The number of carbonyl (C=O) groups is 4. The molecule has 3 fully saturated rings. The average Bonchev–Trinajstić information content (AvgIpc) is 3.50. The number of nitrogens with two attached hydrogens (primary N) is 1. The van der Waals surface area contributed by atoms with Crippen molar-refractivity contribution < 1.29 is 38.9 Å². The van der Waals surface area contributed by atoms with E-state index in [2.05, 4.69) is 15.5 Å². The fourth-order valence-electron chi connectivity index (χ4n) is 5.51. The molecule has 13 heteroatoms. The molecule has 1 aromatic carbocycles. The van der Waals surface area contributed by atoms with Gasteiger partial charge in [-0.25, -0.2) is 9.59 Å². The zero-order chi connectivity index (χ0) is 29.9. The van der Waals surface area contributed by atoms with Crippen LogP contribution in [0.15, 0.2) is 24.3 Å². The molecular formula is C28H39ClN4O8. The number of methoxy groups -OCH3 is 1. The molecule has 0 radical (unpaired) electrons. The zero-order valence-electron chi connectivity index (χ0n) is 23.1. The summed E-state index contributed by atoms with van der Waals surface area (Å²) in [5.41, 5.74) is 6.58. The highest BCUT2D eigenvalue weighted by molar-refractivity contribution is 6.33. The quantitative estimate of drug-likeness (QED) is 0.208. The summed E-state index contributed by atoms with van der Waals surface area (Å²) in [4.78, 5) is 47.8. The molecule has 1 unspecified atom stereocenters. The fraction of sp³-hybridized carbons (Fsp3) is 0.571. The Hall–Kier alpha value is -3.19. The van der Waals surface area contributed by atoms with Crippen molar-refractivity contribution in [3.63, 3.8) is 0 Å². The topological polar surface area (TPSA) is 181 Å². The number of halogens is 1. The lowest BCUT2D eigenvalue weighted by molar-refractivity contribution is -0.136. The van der Waals surface area contributed by atoms with Gasteiger partial charge in [-0.2, -0.15) is 0 Å². The van der Waals surface area contributed by atoms with E-state index in [0.717, 1.165) is 64.7 Å². The van der Waals surface area contributed by atoms with Gasteiger partial charge in [0.05, 0.1) is 29.4 Å². The van der Waals surface area contributed by atoms with Crippen molar-refractivity contribution in [1.29, 1.82) is 0 Å². The van der Waals surface area contributed by atoms with Gasteiger partial charge in [0, 0.05) is 44.0 Å². The van der Waals surface area contributed by atoms with Crippen molar-refractivity contribution in [3.8, 4) is 5.75 Å².